The molecule has 0 unspecified atom stereocenters. The first kappa shape index (κ1) is 28.0. The molecule has 10 atom stereocenters. The zero-order valence-corrected chi connectivity index (χ0v) is 25.1. The van der Waals surface area contributed by atoms with Gasteiger partial charge in [0, 0.05) is 11.1 Å². The third-order valence-corrected chi connectivity index (χ3v) is 14.1. The van der Waals surface area contributed by atoms with Crippen LogP contribution in [0.15, 0.2) is 18.3 Å². The number of aromatic nitrogens is 2. The number of H-pyrrole nitrogens is 1. The topological polar surface area (TPSA) is 115 Å². The number of aliphatic hydroxyl groups excluding tert-OH is 1. The molecule has 0 bridgehead atoms. The summed E-state index contributed by atoms with van der Waals surface area (Å²) in [5, 5.41) is 30.6. The lowest BCUT2D eigenvalue weighted by Crippen LogP contribution is -2.67. The smallest absolute Gasteiger partial charge is 0.322 e. The number of nitrogens with one attached hydrogen (secondary N) is 2. The molecular formula is C33H49N3O4. The Kier molecular flexibility index (Phi) is 6.25. The second kappa shape index (κ2) is 8.92. The highest BCUT2D eigenvalue weighted by Gasteiger charge is 2.72. The molecule has 0 saturated heterocycles. The molecule has 7 heteroatoms. The Balaban J connectivity index is 1.40. The van der Waals surface area contributed by atoms with Crippen molar-refractivity contribution in [3.63, 3.8) is 0 Å². The van der Waals surface area contributed by atoms with E-state index in [1.165, 1.54) is 11.1 Å². The lowest BCUT2D eigenvalue weighted by Gasteiger charge is -2.72. The highest BCUT2D eigenvalue weighted by atomic mass is 16.4. The van der Waals surface area contributed by atoms with Gasteiger partial charge in [-0.05, 0) is 116 Å². The number of aliphatic carboxylic acids is 1. The number of nitrogens with zero attached hydrogens (tertiary/aromatic N) is 1. The van der Waals surface area contributed by atoms with Gasteiger partial charge in [0.2, 0.25) is 5.91 Å². The molecule has 4 N–H and O–H groups in total. The second-order valence-electron chi connectivity index (χ2n) is 15.4. The first-order valence-electron chi connectivity index (χ1n) is 15.6. The summed E-state index contributed by atoms with van der Waals surface area (Å²) in [6.45, 7) is 16.2. The van der Waals surface area contributed by atoms with E-state index in [-0.39, 0.29) is 46.6 Å². The maximum absolute atomic E-state index is 13.8. The van der Waals surface area contributed by atoms with Crippen LogP contribution in [0.5, 0.6) is 0 Å². The SMILES string of the molecule is C=C(C)[C@@H]1CC[C@]2(C(=O)NCC(=O)O)CC[C@]3(C)[C@H](CC[C@@H]4[C@@]5(C)Cc6cn[nH]c6[C@@](C)(CO)[C@@H]5CC[C@]43C)[C@@H]12. The third kappa shape index (κ3) is 3.36. The average Bonchev–Trinajstić information content (AvgIpc) is 3.53. The number of aromatic amines is 1. The predicted octanol–water partition coefficient (Wildman–Crippen LogP) is 5.25. The molecule has 1 heterocycles. The van der Waals surface area contributed by atoms with Crippen LogP contribution in [-0.2, 0) is 21.4 Å². The Bertz CT molecular complexity index is 1240. The lowest BCUT2D eigenvalue weighted by molar-refractivity contribution is -0.227. The molecule has 4 saturated carbocycles. The first-order chi connectivity index (χ1) is 18.8. The summed E-state index contributed by atoms with van der Waals surface area (Å²) in [5.41, 5.74) is 3.00. The van der Waals surface area contributed by atoms with E-state index in [9.17, 15) is 19.8 Å². The van der Waals surface area contributed by atoms with Crippen LogP contribution in [0.25, 0.3) is 0 Å². The van der Waals surface area contributed by atoms with Gasteiger partial charge in [0.05, 0.1) is 18.2 Å². The number of hydrogen-bond acceptors (Lipinski definition) is 4. The molecule has 40 heavy (non-hydrogen) atoms. The molecule has 1 amide bonds. The molecule has 7 nitrogen and oxygen atoms in total. The molecule has 1 aromatic heterocycles. The van der Waals surface area contributed by atoms with Gasteiger partial charge in [-0.15, -0.1) is 0 Å². The van der Waals surface area contributed by atoms with Crippen LogP contribution >= 0.6 is 0 Å². The molecule has 1 aromatic rings. The summed E-state index contributed by atoms with van der Waals surface area (Å²) >= 11 is 0. The van der Waals surface area contributed by atoms with Crippen molar-refractivity contribution in [1.29, 1.82) is 0 Å². The van der Waals surface area contributed by atoms with Gasteiger partial charge in [0.1, 0.15) is 6.54 Å². The number of carboxylic acid groups (broad SMARTS) is 1. The molecule has 6 rings (SSSR count). The predicted molar refractivity (Wildman–Crippen MR) is 153 cm³/mol. The van der Waals surface area contributed by atoms with Crippen molar-refractivity contribution < 1.29 is 19.8 Å². The van der Waals surface area contributed by atoms with E-state index in [4.69, 9.17) is 0 Å². The minimum atomic E-state index is -0.988. The minimum absolute atomic E-state index is 0.0490. The fourth-order valence-electron chi connectivity index (χ4n) is 12.2. The lowest BCUT2D eigenvalue weighted by atomic mass is 9.32. The van der Waals surface area contributed by atoms with Crippen LogP contribution in [-0.4, -0.2) is 45.4 Å². The Morgan fingerprint density at radius 3 is 2.48 bits per heavy atom. The third-order valence-electron chi connectivity index (χ3n) is 14.1. The summed E-state index contributed by atoms with van der Waals surface area (Å²) in [7, 11) is 0. The molecule has 0 radical (unpaired) electrons. The van der Waals surface area contributed by atoms with Gasteiger partial charge in [-0.1, -0.05) is 39.8 Å². The molecule has 220 valence electrons. The van der Waals surface area contributed by atoms with E-state index in [2.05, 4.69) is 56.7 Å². The van der Waals surface area contributed by atoms with Gasteiger partial charge < -0.3 is 15.5 Å². The molecule has 4 fully saturated rings. The number of carboxylic acids is 1. The zero-order valence-electron chi connectivity index (χ0n) is 25.1. The summed E-state index contributed by atoms with van der Waals surface area (Å²) in [5.74, 6) is 0.773. The van der Waals surface area contributed by atoms with Crippen LogP contribution in [0.4, 0.5) is 0 Å². The van der Waals surface area contributed by atoms with E-state index >= 15 is 0 Å². The number of rotatable bonds is 5. The largest absolute Gasteiger partial charge is 0.480 e. The quantitative estimate of drug-likeness (QED) is 0.373. The van der Waals surface area contributed by atoms with Crippen molar-refractivity contribution in [2.75, 3.05) is 13.2 Å². The van der Waals surface area contributed by atoms with Crippen molar-refractivity contribution in [3.05, 3.63) is 29.6 Å². The summed E-state index contributed by atoms with van der Waals surface area (Å²) in [4.78, 5) is 25.2. The Morgan fingerprint density at radius 1 is 1.05 bits per heavy atom. The number of aliphatic hydroxyl groups is 1. The fraction of sp³-hybridized carbons (Fsp3) is 0.788. The van der Waals surface area contributed by atoms with E-state index < -0.39 is 11.4 Å². The van der Waals surface area contributed by atoms with Crippen molar-refractivity contribution in [2.24, 2.45) is 51.2 Å². The first-order valence-corrected chi connectivity index (χ1v) is 15.6. The Morgan fingerprint density at radius 2 is 1.80 bits per heavy atom. The number of fused-ring (bicyclic) bond motifs is 8. The number of carbonyl (C=O) groups excluding carboxylic acids is 1. The van der Waals surface area contributed by atoms with Crippen LogP contribution < -0.4 is 5.32 Å². The van der Waals surface area contributed by atoms with Crippen LogP contribution in [0.3, 0.4) is 0 Å². The highest BCUT2D eigenvalue weighted by Crippen LogP contribution is 2.77. The summed E-state index contributed by atoms with van der Waals surface area (Å²) in [6, 6.07) is 0. The standard InChI is InChI=1S/C33H49N3O4/c1-19(2)21-9-12-33(28(40)34-17-25(38)39)14-13-31(5)22(26(21)33)7-8-24-29(3)15-20-16-35-36-27(20)30(4,18-37)23(29)10-11-32(24,31)6/h16,21-24,26,37H,1,7-15,17-18H2,2-6H3,(H,34,40)(H,35,36)(H,38,39)/t21-,22+,23+,24+,26+,29-,30-,31+,32+,33-/m0/s1. The van der Waals surface area contributed by atoms with E-state index in [1.807, 2.05) is 6.20 Å². The van der Waals surface area contributed by atoms with E-state index in [0.717, 1.165) is 63.5 Å². The number of allylic oxidation sites excluding steroid dienone is 1. The zero-order chi connectivity index (χ0) is 28.9. The van der Waals surface area contributed by atoms with Crippen molar-refractivity contribution in [1.82, 2.24) is 15.5 Å². The normalized spacial score (nSPS) is 47.2. The fourth-order valence-corrected chi connectivity index (χ4v) is 12.2. The summed E-state index contributed by atoms with van der Waals surface area (Å²) < 4.78 is 0. The van der Waals surface area contributed by atoms with Gasteiger partial charge in [0.25, 0.3) is 0 Å². The molecule has 0 aromatic carbocycles. The minimum Gasteiger partial charge on any atom is -0.480 e. The number of amides is 1. The van der Waals surface area contributed by atoms with Gasteiger partial charge >= 0.3 is 5.97 Å². The highest BCUT2D eigenvalue weighted by molar-refractivity contribution is 5.86. The van der Waals surface area contributed by atoms with Gasteiger partial charge in [-0.3, -0.25) is 14.7 Å². The number of carbonyl (C=O) groups is 2. The molecule has 5 aliphatic rings. The monoisotopic (exact) mass is 551 g/mol. The molecule has 5 aliphatic carbocycles. The van der Waals surface area contributed by atoms with E-state index in [1.54, 1.807) is 0 Å². The van der Waals surface area contributed by atoms with Gasteiger partial charge in [-0.25, -0.2) is 0 Å². The Labute approximate surface area is 239 Å². The van der Waals surface area contributed by atoms with E-state index in [0.29, 0.717) is 23.7 Å². The maximum Gasteiger partial charge on any atom is 0.322 e. The van der Waals surface area contributed by atoms with Crippen LogP contribution in [0.2, 0.25) is 0 Å². The van der Waals surface area contributed by atoms with Crippen molar-refractivity contribution in [3.8, 4) is 0 Å². The average molecular weight is 552 g/mol. The molecular weight excluding hydrogens is 502 g/mol. The van der Waals surface area contributed by atoms with Crippen molar-refractivity contribution in [2.45, 2.75) is 97.8 Å². The van der Waals surface area contributed by atoms with Crippen LogP contribution in [0, 0.1) is 51.2 Å². The van der Waals surface area contributed by atoms with Crippen LogP contribution in [0.1, 0.15) is 97.2 Å². The second-order valence-corrected chi connectivity index (χ2v) is 15.4. The summed E-state index contributed by atoms with van der Waals surface area (Å²) in [6.07, 6.45) is 11.0. The van der Waals surface area contributed by atoms with Gasteiger partial charge in [-0.2, -0.15) is 5.10 Å². The number of hydrogen-bond donors (Lipinski definition) is 4. The maximum atomic E-state index is 13.8. The molecule has 0 spiro atoms. The van der Waals surface area contributed by atoms with Crippen molar-refractivity contribution >= 4 is 11.9 Å². The van der Waals surface area contributed by atoms with Gasteiger partial charge in [0.15, 0.2) is 0 Å². The molecule has 0 aliphatic heterocycles. The Hall–Kier alpha value is -2.15.